The van der Waals surface area contributed by atoms with Crippen LogP contribution in [0.15, 0.2) is 0 Å². The topological polar surface area (TPSA) is 75.6 Å². The van der Waals surface area contributed by atoms with E-state index in [4.69, 9.17) is 5.11 Å². The fraction of sp³-hybridized carbons (Fsp3) is 0.667. The van der Waals surface area contributed by atoms with Gasteiger partial charge < -0.3 is 15.2 Å². The van der Waals surface area contributed by atoms with Gasteiger partial charge in [0.2, 0.25) is 0 Å². The molecule has 0 bridgehead atoms. The van der Waals surface area contributed by atoms with E-state index < -0.39 is 18.6 Å². The fourth-order valence-electron chi connectivity index (χ4n) is 0.394. The lowest BCUT2D eigenvalue weighted by atomic mass is 10.5. The molecule has 0 aromatic heterocycles. The molecule has 0 atom stereocenters. The van der Waals surface area contributed by atoms with Crippen LogP contribution in [0.2, 0.25) is 0 Å². The first-order valence-electron chi connectivity index (χ1n) is 3.29. The van der Waals surface area contributed by atoms with Crippen molar-refractivity contribution in [1.29, 1.82) is 0 Å². The average Bonchev–Trinajstić information content (AvgIpc) is 1.97. The summed E-state index contributed by atoms with van der Waals surface area (Å²) in [6.07, 6.45) is 0.0368. The summed E-state index contributed by atoms with van der Waals surface area (Å²) >= 11 is 0. The third-order valence-corrected chi connectivity index (χ3v) is 0.821. The number of hydrogen-bond donors (Lipinski definition) is 2. The molecule has 0 fully saturated rings. The van der Waals surface area contributed by atoms with Gasteiger partial charge in [0.05, 0.1) is 6.61 Å². The van der Waals surface area contributed by atoms with Crippen LogP contribution in [0.25, 0.3) is 0 Å². The zero-order chi connectivity index (χ0) is 8.69. The second kappa shape index (κ2) is 5.52. The van der Waals surface area contributed by atoms with E-state index in [1.54, 1.807) is 0 Å². The summed E-state index contributed by atoms with van der Waals surface area (Å²) in [6.45, 7) is 1.76. The fourth-order valence-corrected chi connectivity index (χ4v) is 0.394. The number of carboxylic acid groups (broad SMARTS) is 1. The lowest BCUT2D eigenvalue weighted by Crippen LogP contribution is -2.29. The highest BCUT2D eigenvalue weighted by Crippen LogP contribution is 1.80. The van der Waals surface area contributed by atoms with Crippen LogP contribution in [0.5, 0.6) is 0 Å². The number of alkyl carbamates (subject to hydrolysis) is 1. The summed E-state index contributed by atoms with van der Waals surface area (Å²) in [5.41, 5.74) is 0. The van der Waals surface area contributed by atoms with Gasteiger partial charge in [0.25, 0.3) is 0 Å². The highest BCUT2D eigenvalue weighted by molar-refractivity contribution is 5.76. The van der Waals surface area contributed by atoms with Crippen molar-refractivity contribution in [3.63, 3.8) is 0 Å². The number of aliphatic carboxylic acids is 1. The molecule has 0 aliphatic carbocycles. The van der Waals surface area contributed by atoms with Gasteiger partial charge in [-0.1, -0.05) is 6.92 Å². The van der Waals surface area contributed by atoms with Crippen LogP contribution in [0.4, 0.5) is 4.79 Å². The summed E-state index contributed by atoms with van der Waals surface area (Å²) in [4.78, 5) is 20.4. The highest BCUT2D eigenvalue weighted by atomic mass is 16.5. The van der Waals surface area contributed by atoms with Gasteiger partial charge in [-0.2, -0.15) is 0 Å². The maximum absolute atomic E-state index is 10.5. The molecule has 0 aliphatic heterocycles. The number of carbonyl (C=O) groups excluding carboxylic acids is 1. The van der Waals surface area contributed by atoms with Crippen molar-refractivity contribution in [2.24, 2.45) is 0 Å². The molecule has 0 rings (SSSR count). The molecule has 11 heavy (non-hydrogen) atoms. The molecular formula is C6H11NO4. The minimum absolute atomic E-state index is 0.311. The minimum atomic E-state index is -1.08. The molecule has 0 saturated heterocycles. The van der Waals surface area contributed by atoms with Crippen molar-refractivity contribution in [2.75, 3.05) is 13.2 Å². The maximum atomic E-state index is 10.5. The van der Waals surface area contributed by atoms with Gasteiger partial charge in [0.1, 0.15) is 6.54 Å². The van der Waals surface area contributed by atoms with Gasteiger partial charge in [0, 0.05) is 0 Å². The van der Waals surface area contributed by atoms with Crippen LogP contribution in [-0.4, -0.2) is 30.3 Å². The Bertz CT molecular complexity index is 146. The molecule has 1 amide bonds. The number of ether oxygens (including phenoxy) is 1. The molecule has 0 unspecified atom stereocenters. The lowest BCUT2D eigenvalue weighted by molar-refractivity contribution is -0.135. The first-order valence-corrected chi connectivity index (χ1v) is 3.29. The number of hydrogen-bond acceptors (Lipinski definition) is 3. The second-order valence-corrected chi connectivity index (χ2v) is 1.88. The van der Waals surface area contributed by atoms with E-state index in [1.165, 1.54) is 0 Å². The molecule has 0 radical (unpaired) electrons. The van der Waals surface area contributed by atoms with Crippen LogP contribution in [0.3, 0.4) is 0 Å². The Morgan fingerprint density at radius 3 is 2.64 bits per heavy atom. The van der Waals surface area contributed by atoms with Crippen molar-refractivity contribution < 1.29 is 19.4 Å². The molecule has 0 aromatic carbocycles. The molecule has 64 valence electrons. The van der Waals surface area contributed by atoms with Crippen LogP contribution < -0.4 is 5.32 Å². The Morgan fingerprint density at radius 1 is 1.55 bits per heavy atom. The van der Waals surface area contributed by atoms with Crippen LogP contribution in [0.1, 0.15) is 13.3 Å². The summed E-state index contributed by atoms with van der Waals surface area (Å²) in [6, 6.07) is 0. The van der Waals surface area contributed by atoms with E-state index in [1.807, 2.05) is 6.92 Å². The van der Waals surface area contributed by atoms with E-state index in [0.29, 0.717) is 6.61 Å². The number of amides is 1. The predicted octanol–water partition coefficient (Wildman–Crippen LogP) is 0.207. The van der Waals surface area contributed by atoms with Gasteiger partial charge in [-0.15, -0.1) is 0 Å². The van der Waals surface area contributed by atoms with Crippen LogP contribution >= 0.6 is 0 Å². The average molecular weight is 161 g/mol. The van der Waals surface area contributed by atoms with Crippen LogP contribution in [0, 0.1) is 0 Å². The highest BCUT2D eigenvalue weighted by Gasteiger charge is 2.02. The van der Waals surface area contributed by atoms with Crippen molar-refractivity contribution in [3.8, 4) is 0 Å². The Balaban J connectivity index is 3.30. The first-order chi connectivity index (χ1) is 5.16. The monoisotopic (exact) mass is 161 g/mol. The summed E-state index contributed by atoms with van der Waals surface area (Å²) < 4.78 is 4.53. The Morgan fingerprint density at radius 2 is 2.18 bits per heavy atom. The number of carbonyl (C=O) groups is 2. The van der Waals surface area contributed by atoms with Crippen LogP contribution in [-0.2, 0) is 9.53 Å². The van der Waals surface area contributed by atoms with E-state index in [-0.39, 0.29) is 0 Å². The number of rotatable bonds is 4. The van der Waals surface area contributed by atoms with Crippen molar-refractivity contribution in [2.45, 2.75) is 13.3 Å². The standard InChI is InChI=1S/C6H11NO4/c1-2-3-11-6(10)7-4-5(8)9/h2-4H2,1H3,(H,7,10)(H,8,9). The summed E-state index contributed by atoms with van der Waals surface area (Å²) in [7, 11) is 0. The van der Waals surface area contributed by atoms with Gasteiger partial charge in [0.15, 0.2) is 0 Å². The van der Waals surface area contributed by atoms with E-state index in [0.717, 1.165) is 6.42 Å². The zero-order valence-electron chi connectivity index (χ0n) is 6.29. The molecular weight excluding hydrogens is 150 g/mol. The quantitative estimate of drug-likeness (QED) is 0.617. The van der Waals surface area contributed by atoms with Crippen molar-refractivity contribution >= 4 is 12.1 Å². The molecule has 0 aromatic rings. The maximum Gasteiger partial charge on any atom is 0.407 e. The van der Waals surface area contributed by atoms with Gasteiger partial charge in [-0.25, -0.2) is 4.79 Å². The Kier molecular flexibility index (Phi) is 4.89. The Labute approximate surface area is 64.3 Å². The second-order valence-electron chi connectivity index (χ2n) is 1.88. The van der Waals surface area contributed by atoms with E-state index in [2.05, 4.69) is 10.1 Å². The molecule has 0 spiro atoms. The Hall–Kier alpha value is -1.26. The lowest BCUT2D eigenvalue weighted by Gasteiger charge is -2.02. The summed E-state index contributed by atoms with van der Waals surface area (Å²) in [5, 5.41) is 10.2. The number of carboxylic acids is 1. The largest absolute Gasteiger partial charge is 0.480 e. The first kappa shape index (κ1) is 9.74. The molecule has 0 aliphatic rings. The smallest absolute Gasteiger partial charge is 0.407 e. The van der Waals surface area contributed by atoms with Crippen molar-refractivity contribution in [3.05, 3.63) is 0 Å². The van der Waals surface area contributed by atoms with E-state index >= 15 is 0 Å². The molecule has 5 nitrogen and oxygen atoms in total. The normalized spacial score (nSPS) is 8.82. The van der Waals surface area contributed by atoms with Gasteiger partial charge in [-0.3, -0.25) is 4.79 Å². The van der Waals surface area contributed by atoms with Crippen molar-refractivity contribution in [1.82, 2.24) is 5.32 Å². The molecule has 5 heteroatoms. The predicted molar refractivity (Wildman–Crippen MR) is 37.3 cm³/mol. The molecule has 2 N–H and O–H groups in total. The van der Waals surface area contributed by atoms with Gasteiger partial charge >= 0.3 is 12.1 Å². The molecule has 0 heterocycles. The van der Waals surface area contributed by atoms with Gasteiger partial charge in [-0.05, 0) is 6.42 Å². The molecule has 0 saturated carbocycles. The SMILES string of the molecule is CCCOC(=O)NCC(=O)O. The third-order valence-electron chi connectivity index (χ3n) is 0.821. The van der Waals surface area contributed by atoms with E-state index in [9.17, 15) is 9.59 Å². The minimum Gasteiger partial charge on any atom is -0.480 e. The summed E-state index contributed by atoms with van der Waals surface area (Å²) in [5.74, 6) is -1.08. The number of nitrogens with one attached hydrogen (secondary N) is 1. The third kappa shape index (κ3) is 6.63. The zero-order valence-corrected chi connectivity index (χ0v) is 6.29.